The number of hydrogen-bond donors (Lipinski definition) is 2. The van der Waals surface area contributed by atoms with Crippen LogP contribution in [0.25, 0.3) is 0 Å². The van der Waals surface area contributed by atoms with Gasteiger partial charge in [0.1, 0.15) is 48.8 Å². The van der Waals surface area contributed by atoms with Gasteiger partial charge in [-0.15, -0.1) is 0 Å². The molecule has 0 amide bonds. The third-order valence-corrected chi connectivity index (χ3v) is 19.1. The third-order valence-electron chi connectivity index (χ3n) is 19.1. The molecular weight excluding hydrogens is 945 g/mol. The lowest BCUT2D eigenvalue weighted by Gasteiger charge is -2.47. The van der Waals surface area contributed by atoms with E-state index in [0.717, 1.165) is 69.8 Å². The second-order valence-corrected chi connectivity index (χ2v) is 24.3. The predicted molar refractivity (Wildman–Crippen MR) is 259 cm³/mol. The first kappa shape index (κ1) is 52.1. The largest absolute Gasteiger partial charge is 0.460 e. The number of rotatable bonds is 13. The minimum absolute atomic E-state index is 0.00780. The number of ether oxygens (including phenoxy) is 12. The standard InChI is InChI=1S/C56H84O17/c1-6-39-31(5)29(3)18-32(61-39)10-13-40-30(4)19-34(62-40)16-17-56-25-48-52(70-56)53-54(69-48)55(71-56)51-41(68-53)14-11-33(65-51)23-49(59)64-37-22-45-44(60-27-37)24-47-46(67-45)21-36(63-47)20-43-38(58)9-7-8-28(2)50-42(72-73-43)15-12-35(26-57)66-50/h28-29,32-48,50-55,57-58H,4-27H2,1-3H3/t28-,29+,32?,33?,34-,35-,36?,37+,38-,39+,40?,41-,42-,43-,44-,45?,46?,47+,48+,50-,51-,52-,53-,54+,55-,56-/m0/s1. The van der Waals surface area contributed by atoms with Gasteiger partial charge in [0, 0.05) is 38.5 Å². The van der Waals surface area contributed by atoms with Crippen molar-refractivity contribution in [2.75, 3.05) is 13.2 Å². The van der Waals surface area contributed by atoms with E-state index in [1.807, 2.05) is 0 Å². The maximum absolute atomic E-state index is 13.7. The lowest BCUT2D eigenvalue weighted by Crippen LogP contribution is -2.61. The summed E-state index contributed by atoms with van der Waals surface area (Å²) in [7, 11) is 0. The van der Waals surface area contributed by atoms with Crippen molar-refractivity contribution in [1.82, 2.24) is 0 Å². The minimum Gasteiger partial charge on any atom is -0.460 e. The van der Waals surface area contributed by atoms with Gasteiger partial charge in [-0.05, 0) is 100 Å². The van der Waals surface area contributed by atoms with E-state index in [2.05, 4.69) is 33.9 Å². The highest BCUT2D eigenvalue weighted by atomic mass is 17.2. The highest BCUT2D eigenvalue weighted by molar-refractivity contribution is 5.70. The minimum atomic E-state index is -0.824. The first-order valence-corrected chi connectivity index (χ1v) is 28.8. The van der Waals surface area contributed by atoms with Crippen LogP contribution in [0.2, 0.25) is 0 Å². The fraction of sp³-hybridized carbons (Fsp3) is 0.911. The molecule has 13 saturated heterocycles. The fourth-order valence-corrected chi connectivity index (χ4v) is 15.1. The first-order valence-electron chi connectivity index (χ1n) is 28.8. The van der Waals surface area contributed by atoms with Gasteiger partial charge in [-0.3, -0.25) is 4.79 Å². The van der Waals surface area contributed by atoms with Gasteiger partial charge >= 0.3 is 5.97 Å². The Morgan fingerprint density at radius 1 is 0.658 bits per heavy atom. The second kappa shape index (κ2) is 21.9. The Morgan fingerprint density at radius 2 is 1.42 bits per heavy atom. The van der Waals surface area contributed by atoms with Crippen LogP contribution in [0, 0.1) is 11.8 Å². The number of carbonyl (C=O) groups excluding carboxylic acids is 1. The number of fused-ring (bicyclic) bond motifs is 4. The summed E-state index contributed by atoms with van der Waals surface area (Å²) in [6.07, 6.45) is 9.42. The molecule has 2 N–H and O–H groups in total. The van der Waals surface area contributed by atoms with Crippen molar-refractivity contribution < 1.29 is 81.6 Å². The molecule has 0 aromatic carbocycles. The van der Waals surface area contributed by atoms with E-state index in [9.17, 15) is 15.0 Å². The normalized spacial score (nSPS) is 51.4. The molecule has 0 aromatic heterocycles. The van der Waals surface area contributed by atoms with Gasteiger partial charge in [-0.25, -0.2) is 9.78 Å². The van der Waals surface area contributed by atoms with Crippen molar-refractivity contribution in [2.45, 2.75) is 295 Å². The zero-order valence-corrected chi connectivity index (χ0v) is 43.4. The number of hydrogen-bond acceptors (Lipinski definition) is 17. The van der Waals surface area contributed by atoms with Crippen molar-refractivity contribution >= 4 is 5.97 Å². The Hall–Kier alpha value is -1.65. The smallest absolute Gasteiger partial charge is 0.308 e. The van der Waals surface area contributed by atoms with Crippen molar-refractivity contribution in [3.63, 3.8) is 0 Å². The lowest BCUT2D eigenvalue weighted by molar-refractivity contribution is -0.390. The van der Waals surface area contributed by atoms with E-state index >= 15 is 0 Å². The van der Waals surface area contributed by atoms with Crippen LogP contribution in [0.3, 0.4) is 0 Å². The summed E-state index contributed by atoms with van der Waals surface area (Å²) >= 11 is 0. The van der Waals surface area contributed by atoms with Crippen LogP contribution >= 0.6 is 0 Å². The van der Waals surface area contributed by atoms with Crippen molar-refractivity contribution in [2.24, 2.45) is 11.8 Å². The van der Waals surface area contributed by atoms with Gasteiger partial charge in [0.05, 0.1) is 111 Å². The molecule has 6 unspecified atom stereocenters. The molecule has 17 heteroatoms. The fourth-order valence-electron chi connectivity index (χ4n) is 15.1. The van der Waals surface area contributed by atoms with Crippen LogP contribution in [0.5, 0.6) is 0 Å². The molecule has 13 rings (SSSR count). The molecule has 13 fully saturated rings. The van der Waals surface area contributed by atoms with Gasteiger partial charge in [0.2, 0.25) is 0 Å². The van der Waals surface area contributed by atoms with E-state index in [1.54, 1.807) is 0 Å². The molecule has 0 spiro atoms. The van der Waals surface area contributed by atoms with Gasteiger partial charge in [0.15, 0.2) is 5.79 Å². The molecule has 0 aromatic rings. The van der Waals surface area contributed by atoms with Gasteiger partial charge in [0.25, 0.3) is 0 Å². The number of esters is 1. The Labute approximate surface area is 431 Å². The summed E-state index contributed by atoms with van der Waals surface area (Å²) in [4.78, 5) is 25.7. The molecule has 17 nitrogen and oxygen atoms in total. The SMILES string of the molecule is C=C1C[C@H](CC[C@@]23C[C@H]4O[C@H]5[C@@H](O2)[C@H]2OC(CC(=O)O[C@H]6CO[C@H]7C[C@H]8OC(C[C@@H]9OO[C@H]%10CC[C@@H](CO)O[C@H]%10[C@@H](C)CCC[C@@H]9O)CC8OC7C6)CC[C@@H]2O[C@H]5[C@H]4O3)OC1CCC1C[C@@H](C)C(=C)[C@@H](CC)O1. The summed E-state index contributed by atoms with van der Waals surface area (Å²) in [5.41, 5.74) is 2.37. The maximum Gasteiger partial charge on any atom is 0.308 e. The average molecular weight is 1030 g/mol. The summed E-state index contributed by atoms with van der Waals surface area (Å²) in [5.74, 6) is -0.461. The Kier molecular flexibility index (Phi) is 15.6. The molecule has 0 saturated carbocycles. The number of carbonyl (C=O) groups is 1. The van der Waals surface area contributed by atoms with Gasteiger partial charge in [-0.1, -0.05) is 40.3 Å². The number of aliphatic hydroxyl groups is 2. The molecular formula is C56H84O17. The second-order valence-electron chi connectivity index (χ2n) is 24.3. The molecule has 0 radical (unpaired) electrons. The zero-order chi connectivity index (χ0) is 50.1. The monoisotopic (exact) mass is 1030 g/mol. The van der Waals surface area contributed by atoms with Crippen LogP contribution in [-0.4, -0.2) is 176 Å². The lowest BCUT2D eigenvalue weighted by atomic mass is 9.86. The van der Waals surface area contributed by atoms with Crippen molar-refractivity contribution in [1.29, 1.82) is 0 Å². The van der Waals surface area contributed by atoms with Crippen LogP contribution in [0.1, 0.15) is 149 Å². The third kappa shape index (κ3) is 10.8. The van der Waals surface area contributed by atoms with Crippen LogP contribution in [-0.2, 0) is 71.4 Å². The topological polar surface area (TPSA) is 187 Å². The van der Waals surface area contributed by atoms with Crippen molar-refractivity contribution in [3.05, 3.63) is 24.3 Å². The molecule has 6 bridgehead atoms. The van der Waals surface area contributed by atoms with E-state index in [4.69, 9.17) is 66.6 Å². The van der Waals surface area contributed by atoms with Crippen LogP contribution in [0.15, 0.2) is 24.3 Å². The highest BCUT2D eigenvalue weighted by Gasteiger charge is 2.69. The Morgan fingerprint density at radius 3 is 2.29 bits per heavy atom. The van der Waals surface area contributed by atoms with E-state index in [-0.39, 0.29) is 147 Å². The first-order chi connectivity index (χ1) is 35.4. The number of aliphatic hydroxyl groups excluding tert-OH is 2. The van der Waals surface area contributed by atoms with Crippen LogP contribution in [0.4, 0.5) is 0 Å². The highest BCUT2D eigenvalue weighted by Crippen LogP contribution is 2.54. The maximum atomic E-state index is 13.7. The van der Waals surface area contributed by atoms with Gasteiger partial charge in [-0.2, -0.15) is 0 Å². The average Bonchev–Trinajstić information content (AvgIpc) is 4.10. The van der Waals surface area contributed by atoms with E-state index < -0.39 is 30.2 Å². The van der Waals surface area contributed by atoms with E-state index in [1.165, 1.54) is 5.57 Å². The zero-order valence-electron chi connectivity index (χ0n) is 43.4. The molecule has 73 heavy (non-hydrogen) atoms. The molecule has 410 valence electrons. The van der Waals surface area contributed by atoms with Gasteiger partial charge < -0.3 is 67.1 Å². The summed E-state index contributed by atoms with van der Waals surface area (Å²) < 4.78 is 78.9. The predicted octanol–water partition coefficient (Wildman–Crippen LogP) is 6.19. The van der Waals surface area contributed by atoms with Crippen molar-refractivity contribution in [3.8, 4) is 0 Å². The van der Waals surface area contributed by atoms with Crippen LogP contribution < -0.4 is 0 Å². The Balaban J connectivity index is 0.601. The summed E-state index contributed by atoms with van der Waals surface area (Å²) in [5, 5.41) is 21.0. The quantitative estimate of drug-likeness (QED) is 0.121. The molecule has 13 aliphatic heterocycles. The molecule has 13 aliphatic rings. The summed E-state index contributed by atoms with van der Waals surface area (Å²) in [6, 6.07) is 0. The molecule has 13 heterocycles. The molecule has 26 atom stereocenters. The van der Waals surface area contributed by atoms with E-state index in [0.29, 0.717) is 63.7 Å². The summed E-state index contributed by atoms with van der Waals surface area (Å²) in [6.45, 7) is 15.6. The Bertz CT molecular complexity index is 1960. The molecule has 0 aliphatic carbocycles.